The van der Waals surface area contributed by atoms with Gasteiger partial charge < -0.3 is 15.4 Å². The van der Waals surface area contributed by atoms with Gasteiger partial charge in [-0.05, 0) is 61.6 Å². The summed E-state index contributed by atoms with van der Waals surface area (Å²) >= 11 is 0. The second kappa shape index (κ2) is 11.9. The lowest BCUT2D eigenvalue weighted by molar-refractivity contribution is -0.126. The van der Waals surface area contributed by atoms with Gasteiger partial charge in [-0.1, -0.05) is 73.5 Å². The Morgan fingerprint density at radius 3 is 2.32 bits per heavy atom. The van der Waals surface area contributed by atoms with E-state index in [9.17, 15) is 14.4 Å². The van der Waals surface area contributed by atoms with Gasteiger partial charge in [0.1, 0.15) is 0 Å². The van der Waals surface area contributed by atoms with Crippen LogP contribution < -0.4 is 10.6 Å². The van der Waals surface area contributed by atoms with Crippen LogP contribution in [0.4, 0.5) is 10.5 Å². The van der Waals surface area contributed by atoms with Crippen molar-refractivity contribution in [2.24, 2.45) is 5.92 Å². The molecule has 3 aromatic carbocycles. The molecule has 2 unspecified atom stereocenters. The minimum absolute atomic E-state index is 0.208. The summed E-state index contributed by atoms with van der Waals surface area (Å²) in [5, 5.41) is 5.89. The predicted molar refractivity (Wildman–Crippen MR) is 148 cm³/mol. The molecule has 0 aliphatic carbocycles. The lowest BCUT2D eigenvalue weighted by atomic mass is 10.00. The van der Waals surface area contributed by atoms with Crippen molar-refractivity contribution in [2.45, 2.75) is 52.8 Å². The molecule has 7 nitrogen and oxygen atoms in total. The van der Waals surface area contributed by atoms with E-state index >= 15 is 0 Å². The SMILES string of the molecule is Cc1ccc(CN2C(=O)OC(c3ccc(NC(=O)c4cccc(C)c4)cc3)C2C(=O)NCCC(C)C)cc1. The number of hydrogen-bond donors (Lipinski definition) is 2. The molecular weight excluding hydrogens is 478 g/mol. The number of carbonyl (C=O) groups excluding carboxylic acids is 3. The average molecular weight is 514 g/mol. The molecule has 38 heavy (non-hydrogen) atoms. The number of amides is 3. The summed E-state index contributed by atoms with van der Waals surface area (Å²) in [6, 6.07) is 21.5. The van der Waals surface area contributed by atoms with Crippen molar-refractivity contribution in [1.29, 1.82) is 0 Å². The molecule has 198 valence electrons. The molecule has 1 aliphatic heterocycles. The van der Waals surface area contributed by atoms with Gasteiger partial charge in [0, 0.05) is 17.8 Å². The number of cyclic esters (lactones) is 1. The third-order valence-electron chi connectivity index (χ3n) is 6.63. The molecule has 3 amide bonds. The number of ether oxygens (including phenoxy) is 1. The highest BCUT2D eigenvalue weighted by atomic mass is 16.6. The number of nitrogens with one attached hydrogen (secondary N) is 2. The highest BCUT2D eigenvalue weighted by Gasteiger charge is 2.46. The third-order valence-corrected chi connectivity index (χ3v) is 6.63. The monoisotopic (exact) mass is 513 g/mol. The summed E-state index contributed by atoms with van der Waals surface area (Å²) in [7, 11) is 0. The molecule has 1 heterocycles. The standard InChI is InChI=1S/C31H35N3O4/c1-20(2)16-17-32-30(36)27-28(38-31(37)34(27)19-23-10-8-21(3)9-11-23)24-12-14-26(15-13-24)33-29(35)25-7-5-6-22(4)18-25/h5-15,18,20,27-28H,16-17,19H2,1-4H3,(H,32,36)(H,33,35). The first kappa shape index (κ1) is 26.9. The largest absolute Gasteiger partial charge is 0.438 e. The number of nitrogens with zero attached hydrogens (tertiary/aromatic N) is 1. The van der Waals surface area contributed by atoms with Crippen LogP contribution in [-0.2, 0) is 16.1 Å². The molecule has 0 bridgehead atoms. The number of benzene rings is 3. The molecule has 0 radical (unpaired) electrons. The van der Waals surface area contributed by atoms with Crippen LogP contribution in [0.1, 0.15) is 59.0 Å². The number of aryl methyl sites for hydroxylation is 2. The Balaban J connectivity index is 1.53. The topological polar surface area (TPSA) is 87.7 Å². The number of rotatable bonds is 9. The van der Waals surface area contributed by atoms with E-state index < -0.39 is 18.2 Å². The summed E-state index contributed by atoms with van der Waals surface area (Å²) in [4.78, 5) is 40.5. The molecule has 2 atom stereocenters. The summed E-state index contributed by atoms with van der Waals surface area (Å²) < 4.78 is 5.76. The lowest BCUT2D eigenvalue weighted by Crippen LogP contribution is -2.46. The van der Waals surface area contributed by atoms with Crippen LogP contribution in [0.15, 0.2) is 72.8 Å². The van der Waals surface area contributed by atoms with Gasteiger partial charge in [-0.25, -0.2) is 4.79 Å². The van der Waals surface area contributed by atoms with Crippen molar-refractivity contribution in [1.82, 2.24) is 10.2 Å². The van der Waals surface area contributed by atoms with E-state index in [-0.39, 0.29) is 18.4 Å². The van der Waals surface area contributed by atoms with Crippen LogP contribution in [0.25, 0.3) is 0 Å². The van der Waals surface area contributed by atoms with E-state index in [0.29, 0.717) is 29.3 Å². The molecule has 2 N–H and O–H groups in total. The Morgan fingerprint density at radius 2 is 1.66 bits per heavy atom. The van der Waals surface area contributed by atoms with Gasteiger partial charge in [-0.3, -0.25) is 14.5 Å². The van der Waals surface area contributed by atoms with Crippen LogP contribution in [0, 0.1) is 19.8 Å². The highest BCUT2D eigenvalue weighted by molar-refractivity contribution is 6.04. The van der Waals surface area contributed by atoms with E-state index in [2.05, 4.69) is 24.5 Å². The maximum Gasteiger partial charge on any atom is 0.411 e. The fraction of sp³-hybridized carbons (Fsp3) is 0.323. The van der Waals surface area contributed by atoms with Crippen molar-refractivity contribution in [3.8, 4) is 0 Å². The van der Waals surface area contributed by atoms with Gasteiger partial charge >= 0.3 is 6.09 Å². The van der Waals surface area contributed by atoms with Crippen LogP contribution in [0.3, 0.4) is 0 Å². The molecule has 7 heteroatoms. The Bertz CT molecular complexity index is 1290. The number of carbonyl (C=O) groups is 3. The molecule has 1 saturated heterocycles. The first-order valence-corrected chi connectivity index (χ1v) is 13.0. The molecule has 4 rings (SSSR count). The van der Waals surface area contributed by atoms with Crippen molar-refractivity contribution in [3.63, 3.8) is 0 Å². The van der Waals surface area contributed by atoms with Gasteiger partial charge in [0.15, 0.2) is 12.1 Å². The van der Waals surface area contributed by atoms with Gasteiger partial charge in [0.2, 0.25) is 5.91 Å². The maximum atomic E-state index is 13.4. The smallest absolute Gasteiger partial charge is 0.411 e. The third kappa shape index (κ3) is 6.59. The summed E-state index contributed by atoms with van der Waals surface area (Å²) in [5.41, 5.74) is 4.91. The second-order valence-corrected chi connectivity index (χ2v) is 10.3. The predicted octanol–water partition coefficient (Wildman–Crippen LogP) is 5.78. The van der Waals surface area contributed by atoms with Gasteiger partial charge in [0.05, 0.1) is 6.54 Å². The Morgan fingerprint density at radius 1 is 0.947 bits per heavy atom. The van der Waals surface area contributed by atoms with Gasteiger partial charge in [-0.15, -0.1) is 0 Å². The highest BCUT2D eigenvalue weighted by Crippen LogP contribution is 2.34. The molecule has 1 fully saturated rings. The Kier molecular flexibility index (Phi) is 8.46. The zero-order valence-electron chi connectivity index (χ0n) is 22.4. The van der Waals surface area contributed by atoms with Crippen LogP contribution in [0.5, 0.6) is 0 Å². The van der Waals surface area contributed by atoms with Gasteiger partial charge in [0.25, 0.3) is 5.91 Å². The molecular formula is C31H35N3O4. The summed E-state index contributed by atoms with van der Waals surface area (Å²) in [5.74, 6) is -0.00960. The zero-order chi connectivity index (χ0) is 27.2. The number of anilines is 1. The Hall–Kier alpha value is -4.13. The average Bonchev–Trinajstić information content (AvgIpc) is 3.21. The lowest BCUT2D eigenvalue weighted by Gasteiger charge is -2.24. The summed E-state index contributed by atoms with van der Waals surface area (Å²) in [6.07, 6.45) is -0.462. The van der Waals surface area contributed by atoms with Crippen LogP contribution in [0.2, 0.25) is 0 Å². The van der Waals surface area contributed by atoms with E-state index in [4.69, 9.17) is 4.74 Å². The van der Waals surface area contributed by atoms with E-state index in [1.807, 2.05) is 56.3 Å². The van der Waals surface area contributed by atoms with Crippen LogP contribution in [-0.4, -0.2) is 35.4 Å². The van der Waals surface area contributed by atoms with Crippen molar-refractivity contribution in [3.05, 3.63) is 101 Å². The first-order valence-electron chi connectivity index (χ1n) is 13.0. The first-order chi connectivity index (χ1) is 18.2. The van der Waals surface area contributed by atoms with Crippen molar-refractivity contribution < 1.29 is 19.1 Å². The fourth-order valence-corrected chi connectivity index (χ4v) is 4.43. The van der Waals surface area contributed by atoms with Crippen LogP contribution >= 0.6 is 0 Å². The quantitative estimate of drug-likeness (QED) is 0.380. The summed E-state index contributed by atoms with van der Waals surface area (Å²) in [6.45, 7) is 8.92. The van der Waals surface area contributed by atoms with Crippen molar-refractivity contribution >= 4 is 23.6 Å². The zero-order valence-corrected chi connectivity index (χ0v) is 22.4. The van der Waals surface area contributed by atoms with E-state index in [0.717, 1.165) is 23.1 Å². The molecule has 0 saturated carbocycles. The molecule has 1 aliphatic rings. The molecule has 3 aromatic rings. The number of hydrogen-bond acceptors (Lipinski definition) is 4. The Labute approximate surface area is 224 Å². The van der Waals surface area contributed by atoms with E-state index in [1.54, 1.807) is 30.3 Å². The molecule has 0 spiro atoms. The van der Waals surface area contributed by atoms with E-state index in [1.165, 1.54) is 4.90 Å². The maximum absolute atomic E-state index is 13.4. The minimum atomic E-state index is -0.816. The minimum Gasteiger partial charge on any atom is -0.438 e. The van der Waals surface area contributed by atoms with Gasteiger partial charge in [-0.2, -0.15) is 0 Å². The van der Waals surface area contributed by atoms with Crippen molar-refractivity contribution in [2.75, 3.05) is 11.9 Å². The molecule has 0 aromatic heterocycles. The fourth-order valence-electron chi connectivity index (χ4n) is 4.43. The second-order valence-electron chi connectivity index (χ2n) is 10.3. The normalized spacial score (nSPS) is 16.9.